The number of rotatable bonds is 4. The SMILES string of the molecule is CN1CCCC(Oc2cnn(CC(=O)O)c2)C1. The highest BCUT2D eigenvalue weighted by molar-refractivity contribution is 5.66. The highest BCUT2D eigenvalue weighted by Crippen LogP contribution is 2.16. The molecule has 1 aliphatic rings. The second-order valence-corrected chi connectivity index (χ2v) is 4.41. The van der Waals surface area contributed by atoms with Crippen molar-refractivity contribution >= 4 is 5.97 Å². The van der Waals surface area contributed by atoms with Crippen LogP contribution in [0.5, 0.6) is 5.75 Å². The Bertz CT molecular complexity index is 391. The fourth-order valence-electron chi connectivity index (χ4n) is 2.04. The molecular formula is C11H17N3O3. The van der Waals surface area contributed by atoms with Crippen molar-refractivity contribution in [2.45, 2.75) is 25.5 Å². The summed E-state index contributed by atoms with van der Waals surface area (Å²) in [6, 6.07) is 0. The minimum absolute atomic E-state index is 0.131. The zero-order chi connectivity index (χ0) is 12.3. The Balaban J connectivity index is 1.89. The largest absolute Gasteiger partial charge is 0.486 e. The van der Waals surface area contributed by atoms with Crippen LogP contribution in [0.4, 0.5) is 0 Å². The highest BCUT2D eigenvalue weighted by atomic mass is 16.5. The summed E-state index contributed by atoms with van der Waals surface area (Å²) in [5.41, 5.74) is 0. The summed E-state index contributed by atoms with van der Waals surface area (Å²) in [7, 11) is 2.07. The van der Waals surface area contributed by atoms with Crippen molar-refractivity contribution in [1.82, 2.24) is 14.7 Å². The van der Waals surface area contributed by atoms with E-state index in [0.29, 0.717) is 5.75 Å². The summed E-state index contributed by atoms with van der Waals surface area (Å²) in [6.07, 6.45) is 5.54. The van der Waals surface area contributed by atoms with Crippen LogP contribution in [0.15, 0.2) is 12.4 Å². The molecule has 94 valence electrons. The Morgan fingerprint density at radius 2 is 2.53 bits per heavy atom. The van der Waals surface area contributed by atoms with Crippen molar-refractivity contribution < 1.29 is 14.6 Å². The van der Waals surface area contributed by atoms with E-state index < -0.39 is 5.97 Å². The van der Waals surface area contributed by atoms with Gasteiger partial charge in [-0.3, -0.25) is 9.48 Å². The van der Waals surface area contributed by atoms with Crippen LogP contribution in [0.3, 0.4) is 0 Å². The molecule has 1 unspecified atom stereocenters. The number of carbonyl (C=O) groups is 1. The van der Waals surface area contributed by atoms with Gasteiger partial charge in [-0.25, -0.2) is 0 Å². The van der Waals surface area contributed by atoms with Crippen LogP contribution in [0, 0.1) is 0 Å². The fraction of sp³-hybridized carbons (Fsp3) is 0.636. The standard InChI is InChI=1S/C11H17N3O3/c1-13-4-2-3-9(6-13)17-10-5-12-14(7-10)8-11(15)16/h5,7,9H,2-4,6,8H2,1H3,(H,15,16). The van der Waals surface area contributed by atoms with Gasteiger partial charge in [0.1, 0.15) is 12.6 Å². The molecule has 0 radical (unpaired) electrons. The van der Waals surface area contributed by atoms with Crippen molar-refractivity contribution in [1.29, 1.82) is 0 Å². The lowest BCUT2D eigenvalue weighted by Gasteiger charge is -2.29. The van der Waals surface area contributed by atoms with Gasteiger partial charge in [-0.1, -0.05) is 0 Å². The lowest BCUT2D eigenvalue weighted by Crippen LogP contribution is -2.38. The number of hydrogen-bond acceptors (Lipinski definition) is 4. The van der Waals surface area contributed by atoms with Crippen molar-refractivity contribution in [3.63, 3.8) is 0 Å². The Hall–Kier alpha value is -1.56. The molecule has 0 aromatic carbocycles. The van der Waals surface area contributed by atoms with Gasteiger partial charge in [-0.2, -0.15) is 5.10 Å². The molecule has 1 saturated heterocycles. The molecule has 0 saturated carbocycles. The Morgan fingerprint density at radius 1 is 1.71 bits per heavy atom. The number of carboxylic acids is 1. The van der Waals surface area contributed by atoms with Crippen molar-refractivity contribution in [2.24, 2.45) is 0 Å². The summed E-state index contributed by atoms with van der Waals surface area (Å²) >= 11 is 0. The van der Waals surface area contributed by atoms with Gasteiger partial charge in [0.05, 0.1) is 12.4 Å². The third kappa shape index (κ3) is 3.45. The molecule has 1 aromatic rings. The van der Waals surface area contributed by atoms with E-state index >= 15 is 0 Å². The van der Waals surface area contributed by atoms with Gasteiger partial charge in [0.25, 0.3) is 0 Å². The van der Waals surface area contributed by atoms with Crippen molar-refractivity contribution in [3.05, 3.63) is 12.4 Å². The predicted molar refractivity (Wildman–Crippen MR) is 61.0 cm³/mol. The van der Waals surface area contributed by atoms with Crippen LogP contribution in [-0.4, -0.2) is 52.0 Å². The van der Waals surface area contributed by atoms with Gasteiger partial charge in [-0.05, 0) is 26.4 Å². The second kappa shape index (κ2) is 5.18. The van der Waals surface area contributed by atoms with Gasteiger partial charge in [-0.15, -0.1) is 0 Å². The molecule has 17 heavy (non-hydrogen) atoms. The van der Waals surface area contributed by atoms with E-state index in [1.165, 1.54) is 4.68 Å². The minimum Gasteiger partial charge on any atom is -0.486 e. The molecule has 1 N–H and O–H groups in total. The van der Waals surface area contributed by atoms with E-state index in [1.54, 1.807) is 12.4 Å². The number of carboxylic acid groups (broad SMARTS) is 1. The summed E-state index contributed by atoms with van der Waals surface area (Å²) in [5, 5.41) is 12.6. The van der Waals surface area contributed by atoms with Gasteiger partial charge in [0, 0.05) is 6.54 Å². The molecule has 2 rings (SSSR count). The van der Waals surface area contributed by atoms with E-state index in [4.69, 9.17) is 9.84 Å². The van der Waals surface area contributed by atoms with Gasteiger partial charge in [0.2, 0.25) is 0 Å². The fourth-order valence-corrected chi connectivity index (χ4v) is 2.04. The maximum atomic E-state index is 10.5. The molecule has 6 nitrogen and oxygen atoms in total. The lowest BCUT2D eigenvalue weighted by molar-refractivity contribution is -0.137. The maximum Gasteiger partial charge on any atom is 0.325 e. The minimum atomic E-state index is -0.906. The topological polar surface area (TPSA) is 67.6 Å². The van der Waals surface area contributed by atoms with Crippen LogP contribution >= 0.6 is 0 Å². The number of aliphatic carboxylic acids is 1. The predicted octanol–water partition coefficient (Wildman–Crippen LogP) is 0.441. The van der Waals surface area contributed by atoms with Crippen molar-refractivity contribution in [2.75, 3.05) is 20.1 Å². The number of nitrogens with zero attached hydrogens (tertiary/aromatic N) is 3. The Morgan fingerprint density at radius 3 is 3.24 bits per heavy atom. The zero-order valence-corrected chi connectivity index (χ0v) is 9.87. The molecule has 0 bridgehead atoms. The van der Waals surface area contributed by atoms with Crippen LogP contribution in [0.2, 0.25) is 0 Å². The molecule has 0 amide bonds. The summed E-state index contributed by atoms with van der Waals surface area (Å²) in [5.74, 6) is -0.261. The molecule has 1 atom stereocenters. The first-order valence-electron chi connectivity index (χ1n) is 5.73. The number of likely N-dealkylation sites (tertiary alicyclic amines) is 1. The molecule has 2 heterocycles. The quantitative estimate of drug-likeness (QED) is 0.825. The Labute approximate surface area is 99.8 Å². The maximum absolute atomic E-state index is 10.5. The number of ether oxygens (including phenoxy) is 1. The second-order valence-electron chi connectivity index (χ2n) is 4.41. The van der Waals surface area contributed by atoms with E-state index in [2.05, 4.69) is 17.0 Å². The number of likely N-dealkylation sites (N-methyl/N-ethyl adjacent to an activating group) is 1. The van der Waals surface area contributed by atoms with Crippen LogP contribution in [-0.2, 0) is 11.3 Å². The normalized spacial score (nSPS) is 21.4. The van der Waals surface area contributed by atoms with Crippen LogP contribution < -0.4 is 4.74 Å². The first-order valence-corrected chi connectivity index (χ1v) is 5.73. The van der Waals surface area contributed by atoms with Gasteiger partial charge in [0.15, 0.2) is 5.75 Å². The van der Waals surface area contributed by atoms with Crippen LogP contribution in [0.25, 0.3) is 0 Å². The summed E-state index contributed by atoms with van der Waals surface area (Å²) < 4.78 is 7.14. The average Bonchev–Trinajstić information content (AvgIpc) is 2.64. The molecule has 6 heteroatoms. The van der Waals surface area contributed by atoms with Gasteiger partial charge >= 0.3 is 5.97 Å². The van der Waals surface area contributed by atoms with E-state index in [1.807, 2.05) is 0 Å². The molecule has 1 fully saturated rings. The molecule has 0 aliphatic carbocycles. The number of aromatic nitrogens is 2. The number of hydrogen-bond donors (Lipinski definition) is 1. The third-order valence-corrected chi connectivity index (χ3v) is 2.79. The van der Waals surface area contributed by atoms with E-state index in [0.717, 1.165) is 25.9 Å². The third-order valence-electron chi connectivity index (χ3n) is 2.79. The number of piperidine rings is 1. The van der Waals surface area contributed by atoms with Crippen LogP contribution in [0.1, 0.15) is 12.8 Å². The highest BCUT2D eigenvalue weighted by Gasteiger charge is 2.19. The summed E-state index contributed by atoms with van der Waals surface area (Å²) in [4.78, 5) is 12.7. The molecule has 1 aliphatic heterocycles. The molecular weight excluding hydrogens is 222 g/mol. The first-order chi connectivity index (χ1) is 8.13. The van der Waals surface area contributed by atoms with Gasteiger partial charge < -0.3 is 14.7 Å². The summed E-state index contributed by atoms with van der Waals surface area (Å²) in [6.45, 7) is 1.89. The molecule has 0 spiro atoms. The smallest absolute Gasteiger partial charge is 0.325 e. The molecule has 1 aromatic heterocycles. The zero-order valence-electron chi connectivity index (χ0n) is 9.87. The van der Waals surface area contributed by atoms with Crippen molar-refractivity contribution in [3.8, 4) is 5.75 Å². The average molecular weight is 239 g/mol. The first kappa shape index (κ1) is 11.9. The monoisotopic (exact) mass is 239 g/mol. The van der Waals surface area contributed by atoms with E-state index in [-0.39, 0.29) is 12.6 Å². The Kier molecular flexibility index (Phi) is 3.63. The lowest BCUT2D eigenvalue weighted by atomic mass is 10.1. The van der Waals surface area contributed by atoms with E-state index in [9.17, 15) is 4.79 Å².